The molecule has 18 heavy (non-hydrogen) atoms. The summed E-state index contributed by atoms with van der Waals surface area (Å²) in [5.41, 5.74) is 6.71. The molecule has 2 aromatic rings. The lowest BCUT2D eigenvalue weighted by Crippen LogP contribution is -2.14. The van der Waals surface area contributed by atoms with Crippen LogP contribution in [0.2, 0.25) is 5.02 Å². The highest BCUT2D eigenvalue weighted by molar-refractivity contribution is 9.10. The van der Waals surface area contributed by atoms with Crippen LogP contribution < -0.4 is 5.73 Å². The van der Waals surface area contributed by atoms with E-state index in [1.54, 1.807) is 18.2 Å². The molecule has 1 unspecified atom stereocenters. The van der Waals surface area contributed by atoms with Crippen molar-refractivity contribution in [2.45, 2.75) is 6.04 Å². The lowest BCUT2D eigenvalue weighted by Gasteiger charge is -2.15. The van der Waals surface area contributed by atoms with E-state index in [0.29, 0.717) is 15.1 Å². The smallest absolute Gasteiger partial charge is 0.128 e. The molecular weight excluding hydrogens is 324 g/mol. The first-order valence-corrected chi connectivity index (χ1v) is 6.31. The van der Waals surface area contributed by atoms with Crippen LogP contribution in [0.15, 0.2) is 40.9 Å². The summed E-state index contributed by atoms with van der Waals surface area (Å²) in [5.74, 6) is -1.06. The number of hydrogen-bond donors (Lipinski definition) is 1. The molecule has 0 aliphatic heterocycles. The first kappa shape index (κ1) is 13.5. The molecule has 1 atom stereocenters. The fourth-order valence-electron chi connectivity index (χ4n) is 1.67. The summed E-state index contributed by atoms with van der Waals surface area (Å²) >= 11 is 9.13. The van der Waals surface area contributed by atoms with E-state index in [9.17, 15) is 8.78 Å². The van der Waals surface area contributed by atoms with E-state index < -0.39 is 17.7 Å². The quantitative estimate of drug-likeness (QED) is 0.865. The van der Waals surface area contributed by atoms with Crippen LogP contribution in [0.1, 0.15) is 17.2 Å². The van der Waals surface area contributed by atoms with Crippen molar-refractivity contribution in [2.75, 3.05) is 0 Å². The molecular formula is C13H9BrClF2N. The summed E-state index contributed by atoms with van der Waals surface area (Å²) in [6, 6.07) is 7.46. The lowest BCUT2D eigenvalue weighted by atomic mass is 9.99. The Hall–Kier alpha value is -0.970. The molecule has 5 heteroatoms. The molecule has 1 nitrogen and oxygen atoms in total. The van der Waals surface area contributed by atoms with E-state index >= 15 is 0 Å². The van der Waals surface area contributed by atoms with Crippen molar-refractivity contribution in [3.63, 3.8) is 0 Å². The van der Waals surface area contributed by atoms with Gasteiger partial charge in [0.2, 0.25) is 0 Å². The van der Waals surface area contributed by atoms with Crippen LogP contribution in [-0.2, 0) is 0 Å². The molecule has 94 valence electrons. The van der Waals surface area contributed by atoms with Gasteiger partial charge in [-0.05, 0) is 35.9 Å². The highest BCUT2D eigenvalue weighted by Gasteiger charge is 2.17. The summed E-state index contributed by atoms with van der Waals surface area (Å²) in [6.07, 6.45) is 0. The summed E-state index contributed by atoms with van der Waals surface area (Å²) in [6.45, 7) is 0. The van der Waals surface area contributed by atoms with Crippen LogP contribution in [0.25, 0.3) is 0 Å². The predicted molar refractivity (Wildman–Crippen MR) is 71.5 cm³/mol. The third-order valence-corrected chi connectivity index (χ3v) is 3.51. The van der Waals surface area contributed by atoms with Crippen LogP contribution in [0.5, 0.6) is 0 Å². The molecule has 2 N–H and O–H groups in total. The predicted octanol–water partition coefficient (Wildman–Crippen LogP) is 4.43. The molecule has 0 heterocycles. The first-order valence-electron chi connectivity index (χ1n) is 5.14. The van der Waals surface area contributed by atoms with Gasteiger partial charge in [0.25, 0.3) is 0 Å². The van der Waals surface area contributed by atoms with Crippen LogP contribution >= 0.6 is 27.5 Å². The molecule has 0 bridgehead atoms. The highest BCUT2D eigenvalue weighted by Crippen LogP contribution is 2.30. The van der Waals surface area contributed by atoms with Gasteiger partial charge in [0, 0.05) is 15.1 Å². The second kappa shape index (κ2) is 5.34. The molecule has 2 rings (SSSR count). The maximum absolute atomic E-state index is 13.6. The lowest BCUT2D eigenvalue weighted by molar-refractivity contribution is 0.576. The molecule has 0 fully saturated rings. The Morgan fingerprint density at radius 3 is 2.44 bits per heavy atom. The van der Waals surface area contributed by atoms with Gasteiger partial charge in [-0.15, -0.1) is 0 Å². The van der Waals surface area contributed by atoms with Gasteiger partial charge in [0.1, 0.15) is 11.6 Å². The molecule has 0 radical (unpaired) electrons. The highest BCUT2D eigenvalue weighted by atomic mass is 79.9. The Bertz CT molecular complexity index is 589. The molecule has 0 aromatic heterocycles. The van der Waals surface area contributed by atoms with E-state index in [-0.39, 0.29) is 5.56 Å². The summed E-state index contributed by atoms with van der Waals surface area (Å²) in [5, 5.41) is 0.539. The molecule has 0 aliphatic carbocycles. The SMILES string of the molecule is NC(c1cc(F)ccc1F)c1ccc(Cl)cc1Br. The molecule has 0 spiro atoms. The summed E-state index contributed by atoms with van der Waals surface area (Å²) < 4.78 is 27.4. The van der Waals surface area contributed by atoms with Gasteiger partial charge in [-0.2, -0.15) is 0 Å². The topological polar surface area (TPSA) is 26.0 Å². The Morgan fingerprint density at radius 1 is 1.06 bits per heavy atom. The maximum Gasteiger partial charge on any atom is 0.128 e. The van der Waals surface area contributed by atoms with Gasteiger partial charge in [-0.3, -0.25) is 0 Å². The van der Waals surface area contributed by atoms with E-state index in [0.717, 1.165) is 18.2 Å². The summed E-state index contributed by atoms with van der Waals surface area (Å²) in [4.78, 5) is 0. The maximum atomic E-state index is 13.6. The molecule has 0 aliphatic rings. The van der Waals surface area contributed by atoms with Crippen LogP contribution in [-0.4, -0.2) is 0 Å². The van der Waals surface area contributed by atoms with Crippen LogP contribution in [0.3, 0.4) is 0 Å². The van der Waals surface area contributed by atoms with Crippen molar-refractivity contribution in [1.82, 2.24) is 0 Å². The number of hydrogen-bond acceptors (Lipinski definition) is 1. The third-order valence-electron chi connectivity index (χ3n) is 2.59. The van der Waals surface area contributed by atoms with Crippen molar-refractivity contribution < 1.29 is 8.78 Å². The first-order chi connectivity index (χ1) is 8.49. The van der Waals surface area contributed by atoms with Crippen molar-refractivity contribution in [3.05, 3.63) is 68.7 Å². The zero-order valence-corrected chi connectivity index (χ0v) is 11.5. The zero-order valence-electron chi connectivity index (χ0n) is 9.13. The van der Waals surface area contributed by atoms with E-state index in [2.05, 4.69) is 15.9 Å². The average molecular weight is 333 g/mol. The van der Waals surface area contributed by atoms with Crippen LogP contribution in [0.4, 0.5) is 8.78 Å². The minimum atomic E-state index is -0.757. The van der Waals surface area contributed by atoms with Crippen LogP contribution in [0, 0.1) is 11.6 Å². The number of benzene rings is 2. The minimum Gasteiger partial charge on any atom is -0.320 e. The molecule has 2 aromatic carbocycles. The Kier molecular flexibility index (Phi) is 4.00. The monoisotopic (exact) mass is 331 g/mol. The second-order valence-electron chi connectivity index (χ2n) is 3.81. The van der Waals surface area contributed by atoms with Crippen molar-refractivity contribution in [3.8, 4) is 0 Å². The standard InChI is InChI=1S/C13H9BrClF2N/c14-11-5-7(15)1-3-9(11)13(18)10-6-8(16)2-4-12(10)17/h1-6,13H,18H2. The zero-order chi connectivity index (χ0) is 13.3. The molecule has 0 saturated heterocycles. The van der Waals surface area contributed by atoms with E-state index in [1.807, 2.05) is 0 Å². The van der Waals surface area contributed by atoms with E-state index in [1.165, 1.54) is 0 Å². The third kappa shape index (κ3) is 2.71. The van der Waals surface area contributed by atoms with Crippen molar-refractivity contribution >= 4 is 27.5 Å². The van der Waals surface area contributed by atoms with Gasteiger partial charge in [-0.25, -0.2) is 8.78 Å². The molecule has 0 amide bonds. The Labute approximate surface area is 117 Å². The fourth-order valence-corrected chi connectivity index (χ4v) is 2.60. The van der Waals surface area contributed by atoms with Crippen molar-refractivity contribution in [1.29, 1.82) is 0 Å². The largest absolute Gasteiger partial charge is 0.320 e. The van der Waals surface area contributed by atoms with Gasteiger partial charge in [0.05, 0.1) is 6.04 Å². The number of halogens is 4. The van der Waals surface area contributed by atoms with Gasteiger partial charge >= 0.3 is 0 Å². The van der Waals surface area contributed by atoms with Crippen molar-refractivity contribution in [2.24, 2.45) is 5.73 Å². The molecule has 0 saturated carbocycles. The average Bonchev–Trinajstić information content (AvgIpc) is 2.31. The Balaban J connectivity index is 2.47. The number of rotatable bonds is 2. The fraction of sp³-hybridized carbons (Fsp3) is 0.0769. The minimum absolute atomic E-state index is 0.109. The van der Waals surface area contributed by atoms with Gasteiger partial charge < -0.3 is 5.73 Å². The number of nitrogens with two attached hydrogens (primary N) is 1. The van der Waals surface area contributed by atoms with Gasteiger partial charge in [-0.1, -0.05) is 33.6 Å². The normalized spacial score (nSPS) is 12.5. The summed E-state index contributed by atoms with van der Waals surface area (Å²) in [7, 11) is 0. The van der Waals surface area contributed by atoms with Gasteiger partial charge in [0.15, 0.2) is 0 Å². The van der Waals surface area contributed by atoms with E-state index in [4.69, 9.17) is 17.3 Å². The second-order valence-corrected chi connectivity index (χ2v) is 5.10. The Morgan fingerprint density at radius 2 is 1.78 bits per heavy atom.